The molecule has 3 heteroatoms. The van der Waals surface area contributed by atoms with Crippen molar-refractivity contribution in [2.45, 2.75) is 59.2 Å². The van der Waals surface area contributed by atoms with E-state index in [9.17, 15) is 0 Å². The third-order valence-corrected chi connectivity index (χ3v) is 2.58. The molecule has 1 N–H and O–H groups in total. The standard InChI is InChI=1S/C13H29NO2/c1-10(2)11(3)14-12(8-15-7)9-16-13(4,5)6/h10-12,14H,8-9H2,1-7H3. The molecule has 98 valence electrons. The van der Waals surface area contributed by atoms with Gasteiger partial charge >= 0.3 is 0 Å². The molecule has 0 fully saturated rings. The zero-order valence-corrected chi connectivity index (χ0v) is 12.0. The Hall–Kier alpha value is -0.120. The Kier molecular flexibility index (Phi) is 7.20. The quantitative estimate of drug-likeness (QED) is 0.730. The minimum absolute atomic E-state index is 0.0886. The minimum atomic E-state index is -0.0886. The Labute approximate surface area is 101 Å². The second kappa shape index (κ2) is 7.25. The molecule has 0 spiro atoms. The summed E-state index contributed by atoms with van der Waals surface area (Å²) in [7, 11) is 1.73. The molecule has 0 aromatic rings. The van der Waals surface area contributed by atoms with E-state index in [1.807, 2.05) is 0 Å². The maximum absolute atomic E-state index is 5.78. The molecule has 2 unspecified atom stereocenters. The van der Waals surface area contributed by atoms with Crippen LogP contribution in [0.4, 0.5) is 0 Å². The van der Waals surface area contributed by atoms with Crippen molar-refractivity contribution in [1.82, 2.24) is 5.32 Å². The lowest BCUT2D eigenvalue weighted by atomic mass is 10.1. The molecule has 0 amide bonds. The maximum atomic E-state index is 5.78. The summed E-state index contributed by atoms with van der Waals surface area (Å²) in [6, 6.07) is 0.741. The van der Waals surface area contributed by atoms with Crippen LogP contribution in [-0.4, -0.2) is 38.0 Å². The molecule has 0 saturated heterocycles. The van der Waals surface area contributed by atoms with Crippen LogP contribution in [0.5, 0.6) is 0 Å². The lowest BCUT2D eigenvalue weighted by Crippen LogP contribution is -2.45. The van der Waals surface area contributed by atoms with E-state index in [1.54, 1.807) is 7.11 Å². The van der Waals surface area contributed by atoms with Gasteiger partial charge in [0.25, 0.3) is 0 Å². The first-order valence-electron chi connectivity index (χ1n) is 6.15. The first kappa shape index (κ1) is 15.9. The number of rotatable bonds is 7. The van der Waals surface area contributed by atoms with Gasteiger partial charge in [-0.05, 0) is 33.6 Å². The third-order valence-electron chi connectivity index (χ3n) is 2.58. The van der Waals surface area contributed by atoms with Gasteiger partial charge in [-0.3, -0.25) is 0 Å². The van der Waals surface area contributed by atoms with Gasteiger partial charge < -0.3 is 14.8 Å². The summed E-state index contributed by atoms with van der Waals surface area (Å²) in [5, 5.41) is 3.54. The lowest BCUT2D eigenvalue weighted by molar-refractivity contribution is -0.0266. The van der Waals surface area contributed by atoms with E-state index in [1.165, 1.54) is 0 Å². The van der Waals surface area contributed by atoms with Gasteiger partial charge in [-0.2, -0.15) is 0 Å². The molecular formula is C13H29NO2. The molecule has 0 aliphatic rings. The van der Waals surface area contributed by atoms with Crippen molar-refractivity contribution in [3.63, 3.8) is 0 Å². The van der Waals surface area contributed by atoms with Gasteiger partial charge in [-0.1, -0.05) is 13.8 Å². The lowest BCUT2D eigenvalue weighted by Gasteiger charge is -2.28. The summed E-state index contributed by atoms with van der Waals surface area (Å²) in [5.74, 6) is 0.619. The summed E-state index contributed by atoms with van der Waals surface area (Å²) in [4.78, 5) is 0. The molecule has 2 atom stereocenters. The molecule has 16 heavy (non-hydrogen) atoms. The highest BCUT2D eigenvalue weighted by molar-refractivity contribution is 4.74. The van der Waals surface area contributed by atoms with Gasteiger partial charge in [-0.25, -0.2) is 0 Å². The first-order valence-corrected chi connectivity index (χ1v) is 6.15. The zero-order chi connectivity index (χ0) is 12.8. The molecule has 0 aromatic heterocycles. The van der Waals surface area contributed by atoms with Crippen molar-refractivity contribution in [3.8, 4) is 0 Å². The number of nitrogens with one attached hydrogen (secondary N) is 1. The first-order chi connectivity index (χ1) is 7.26. The molecular weight excluding hydrogens is 202 g/mol. The molecule has 0 radical (unpaired) electrons. The smallest absolute Gasteiger partial charge is 0.0649 e. The van der Waals surface area contributed by atoms with E-state index < -0.39 is 0 Å². The van der Waals surface area contributed by atoms with Crippen molar-refractivity contribution >= 4 is 0 Å². The molecule has 0 heterocycles. The Morgan fingerprint density at radius 2 is 1.62 bits per heavy atom. The predicted molar refractivity (Wildman–Crippen MR) is 68.8 cm³/mol. The monoisotopic (exact) mass is 231 g/mol. The van der Waals surface area contributed by atoms with Crippen molar-refractivity contribution < 1.29 is 9.47 Å². The Bertz CT molecular complexity index is 175. The fourth-order valence-electron chi connectivity index (χ4n) is 1.26. The van der Waals surface area contributed by atoms with Crippen LogP contribution >= 0.6 is 0 Å². The molecule has 0 saturated carbocycles. The highest BCUT2D eigenvalue weighted by Gasteiger charge is 2.18. The molecule has 0 rings (SSSR count). The SMILES string of the molecule is COCC(COC(C)(C)C)NC(C)C(C)C. The molecule has 0 aromatic carbocycles. The number of hydrogen-bond donors (Lipinski definition) is 1. The van der Waals surface area contributed by atoms with Crippen LogP contribution in [0.1, 0.15) is 41.5 Å². The summed E-state index contributed by atoms with van der Waals surface area (Å²) in [6.07, 6.45) is 0. The Morgan fingerprint density at radius 3 is 2.00 bits per heavy atom. The van der Waals surface area contributed by atoms with Crippen LogP contribution in [0, 0.1) is 5.92 Å². The van der Waals surface area contributed by atoms with Crippen LogP contribution < -0.4 is 5.32 Å². The number of methoxy groups -OCH3 is 1. The number of ether oxygens (including phenoxy) is 2. The average Bonchev–Trinajstić information content (AvgIpc) is 2.13. The molecule has 0 bridgehead atoms. The van der Waals surface area contributed by atoms with E-state index in [4.69, 9.17) is 9.47 Å². The topological polar surface area (TPSA) is 30.5 Å². The maximum Gasteiger partial charge on any atom is 0.0649 e. The Morgan fingerprint density at radius 1 is 1.06 bits per heavy atom. The van der Waals surface area contributed by atoms with Crippen LogP contribution in [-0.2, 0) is 9.47 Å². The van der Waals surface area contributed by atoms with E-state index in [2.05, 4.69) is 46.9 Å². The van der Waals surface area contributed by atoms with Crippen molar-refractivity contribution in [1.29, 1.82) is 0 Å². The molecule has 3 nitrogen and oxygen atoms in total. The van der Waals surface area contributed by atoms with E-state index in [0.29, 0.717) is 25.2 Å². The second-order valence-corrected chi connectivity index (χ2v) is 5.78. The van der Waals surface area contributed by atoms with Gasteiger partial charge in [0.1, 0.15) is 0 Å². The van der Waals surface area contributed by atoms with E-state index >= 15 is 0 Å². The highest BCUT2D eigenvalue weighted by Crippen LogP contribution is 2.08. The summed E-state index contributed by atoms with van der Waals surface area (Å²) in [5.41, 5.74) is -0.0886. The number of hydrogen-bond acceptors (Lipinski definition) is 3. The van der Waals surface area contributed by atoms with Crippen molar-refractivity contribution in [2.24, 2.45) is 5.92 Å². The van der Waals surface area contributed by atoms with Gasteiger partial charge in [0.2, 0.25) is 0 Å². The Balaban J connectivity index is 4.06. The minimum Gasteiger partial charge on any atom is -0.383 e. The van der Waals surface area contributed by atoms with Crippen LogP contribution in [0.15, 0.2) is 0 Å². The normalized spacial score (nSPS) is 16.5. The second-order valence-electron chi connectivity index (χ2n) is 5.78. The predicted octanol–water partition coefficient (Wildman–Crippen LogP) is 2.45. The third kappa shape index (κ3) is 8.08. The van der Waals surface area contributed by atoms with Crippen LogP contribution in [0.3, 0.4) is 0 Å². The highest BCUT2D eigenvalue weighted by atomic mass is 16.5. The average molecular weight is 231 g/mol. The van der Waals surface area contributed by atoms with Crippen LogP contribution in [0.25, 0.3) is 0 Å². The van der Waals surface area contributed by atoms with Gasteiger partial charge in [-0.15, -0.1) is 0 Å². The van der Waals surface area contributed by atoms with Gasteiger partial charge in [0, 0.05) is 13.2 Å². The summed E-state index contributed by atoms with van der Waals surface area (Å²) in [6.45, 7) is 14.2. The summed E-state index contributed by atoms with van der Waals surface area (Å²) < 4.78 is 11.0. The summed E-state index contributed by atoms with van der Waals surface area (Å²) >= 11 is 0. The van der Waals surface area contributed by atoms with E-state index in [-0.39, 0.29) is 11.6 Å². The van der Waals surface area contributed by atoms with Crippen LogP contribution in [0.2, 0.25) is 0 Å². The largest absolute Gasteiger partial charge is 0.383 e. The van der Waals surface area contributed by atoms with Gasteiger partial charge in [0.05, 0.1) is 24.9 Å². The zero-order valence-electron chi connectivity index (χ0n) is 12.0. The fourth-order valence-corrected chi connectivity index (χ4v) is 1.26. The fraction of sp³-hybridized carbons (Fsp3) is 1.00. The molecule has 0 aliphatic heterocycles. The molecule has 0 aliphatic carbocycles. The van der Waals surface area contributed by atoms with E-state index in [0.717, 1.165) is 0 Å². The van der Waals surface area contributed by atoms with Crippen molar-refractivity contribution in [3.05, 3.63) is 0 Å². The van der Waals surface area contributed by atoms with Crippen molar-refractivity contribution in [2.75, 3.05) is 20.3 Å². The van der Waals surface area contributed by atoms with Gasteiger partial charge in [0.15, 0.2) is 0 Å².